The van der Waals surface area contributed by atoms with Crippen LogP contribution < -0.4 is 10.6 Å². The standard InChI is InChI=1S/C21H21FN6OS/c1-14(23-8-6-22)12-25-21(29)15-4-7-24-18(11-15)16-13-26-28-9-5-17(27-20(16)28)19-3-2-10-30-19/h2-5,7,9-11,13-14,23H,6,8,12H2,1H3,(H,25,29). The fraction of sp³-hybridized carbons (Fsp3) is 0.238. The Hall–Kier alpha value is -3.17. The quantitative estimate of drug-likeness (QED) is 0.454. The SMILES string of the molecule is CC(CNC(=O)c1ccnc(-c2cnn3ccc(-c4cccs4)nc23)c1)NCCF. The zero-order chi connectivity index (χ0) is 20.9. The van der Waals surface area contributed by atoms with Gasteiger partial charge < -0.3 is 10.6 Å². The summed E-state index contributed by atoms with van der Waals surface area (Å²) in [5.41, 5.74) is 3.41. The largest absolute Gasteiger partial charge is 0.350 e. The topological polar surface area (TPSA) is 84.2 Å². The van der Waals surface area contributed by atoms with E-state index >= 15 is 0 Å². The van der Waals surface area contributed by atoms with Crippen LogP contribution in [0.1, 0.15) is 17.3 Å². The molecular weight excluding hydrogens is 403 g/mol. The Kier molecular flexibility index (Phi) is 6.10. The zero-order valence-electron chi connectivity index (χ0n) is 16.4. The number of hydrogen-bond acceptors (Lipinski definition) is 6. The van der Waals surface area contributed by atoms with Crippen molar-refractivity contribution < 1.29 is 9.18 Å². The molecule has 4 aromatic rings. The molecule has 4 rings (SSSR count). The van der Waals surface area contributed by atoms with Gasteiger partial charge in [-0.05, 0) is 36.6 Å². The fourth-order valence-electron chi connectivity index (χ4n) is 3.05. The van der Waals surface area contributed by atoms with Gasteiger partial charge in [-0.2, -0.15) is 5.10 Å². The number of amides is 1. The summed E-state index contributed by atoms with van der Waals surface area (Å²) in [5.74, 6) is -0.212. The Morgan fingerprint density at radius 1 is 1.30 bits per heavy atom. The van der Waals surface area contributed by atoms with Crippen molar-refractivity contribution in [2.45, 2.75) is 13.0 Å². The van der Waals surface area contributed by atoms with Crippen molar-refractivity contribution in [1.29, 1.82) is 0 Å². The molecule has 9 heteroatoms. The molecule has 154 valence electrons. The molecule has 1 unspecified atom stereocenters. The van der Waals surface area contributed by atoms with Crippen molar-refractivity contribution in [3.8, 4) is 21.8 Å². The lowest BCUT2D eigenvalue weighted by atomic mass is 10.1. The molecule has 7 nitrogen and oxygen atoms in total. The van der Waals surface area contributed by atoms with E-state index in [1.54, 1.807) is 40.4 Å². The summed E-state index contributed by atoms with van der Waals surface area (Å²) in [5, 5.41) is 12.2. The van der Waals surface area contributed by atoms with Crippen molar-refractivity contribution in [2.24, 2.45) is 0 Å². The molecule has 0 bridgehead atoms. The number of aromatic nitrogens is 4. The van der Waals surface area contributed by atoms with E-state index in [2.05, 4.69) is 20.7 Å². The van der Waals surface area contributed by atoms with E-state index in [4.69, 9.17) is 4.98 Å². The first-order chi connectivity index (χ1) is 14.7. The number of hydrogen-bond donors (Lipinski definition) is 2. The van der Waals surface area contributed by atoms with Gasteiger partial charge in [-0.25, -0.2) is 13.9 Å². The van der Waals surface area contributed by atoms with Crippen molar-refractivity contribution in [3.63, 3.8) is 0 Å². The fourth-order valence-corrected chi connectivity index (χ4v) is 3.75. The molecule has 0 radical (unpaired) electrons. The molecule has 0 saturated carbocycles. The normalized spacial score (nSPS) is 12.2. The van der Waals surface area contributed by atoms with E-state index in [1.807, 2.05) is 36.7 Å². The Balaban J connectivity index is 1.57. The minimum absolute atomic E-state index is 0.0227. The average molecular weight is 425 g/mol. The van der Waals surface area contributed by atoms with Crippen LogP contribution in [-0.4, -0.2) is 51.3 Å². The number of carbonyl (C=O) groups excluding carboxylic acids is 1. The molecule has 0 fully saturated rings. The highest BCUT2D eigenvalue weighted by Crippen LogP contribution is 2.27. The van der Waals surface area contributed by atoms with E-state index < -0.39 is 6.67 Å². The van der Waals surface area contributed by atoms with Crippen LogP contribution in [0.3, 0.4) is 0 Å². The van der Waals surface area contributed by atoms with Gasteiger partial charge in [-0.3, -0.25) is 9.78 Å². The minimum Gasteiger partial charge on any atom is -0.350 e. The summed E-state index contributed by atoms with van der Waals surface area (Å²) in [4.78, 5) is 22.8. The first-order valence-corrected chi connectivity index (χ1v) is 10.5. The Labute approximate surface area is 177 Å². The lowest BCUT2D eigenvalue weighted by Gasteiger charge is -2.13. The van der Waals surface area contributed by atoms with Gasteiger partial charge in [0, 0.05) is 37.1 Å². The van der Waals surface area contributed by atoms with Crippen LogP contribution in [0, 0.1) is 0 Å². The first-order valence-electron chi connectivity index (χ1n) is 9.58. The molecule has 2 N–H and O–H groups in total. The number of nitrogens with zero attached hydrogens (tertiary/aromatic N) is 4. The van der Waals surface area contributed by atoms with Gasteiger partial charge in [-0.1, -0.05) is 6.07 Å². The summed E-state index contributed by atoms with van der Waals surface area (Å²) in [6, 6.07) is 9.29. The van der Waals surface area contributed by atoms with Crippen molar-refractivity contribution in [1.82, 2.24) is 30.2 Å². The van der Waals surface area contributed by atoms with E-state index in [1.165, 1.54) is 0 Å². The van der Waals surface area contributed by atoms with Gasteiger partial charge in [0.25, 0.3) is 5.91 Å². The second-order valence-corrected chi connectivity index (χ2v) is 7.75. The van der Waals surface area contributed by atoms with Crippen molar-refractivity contribution in [2.75, 3.05) is 19.8 Å². The number of rotatable bonds is 8. The van der Waals surface area contributed by atoms with Crippen LogP contribution >= 0.6 is 11.3 Å². The van der Waals surface area contributed by atoms with E-state index in [0.29, 0.717) is 23.4 Å². The monoisotopic (exact) mass is 424 g/mol. The second kappa shape index (κ2) is 9.10. The summed E-state index contributed by atoms with van der Waals surface area (Å²) >= 11 is 1.62. The lowest BCUT2D eigenvalue weighted by Crippen LogP contribution is -2.39. The molecule has 4 aromatic heterocycles. The number of pyridine rings is 1. The Morgan fingerprint density at radius 2 is 2.20 bits per heavy atom. The van der Waals surface area contributed by atoms with E-state index in [0.717, 1.165) is 16.1 Å². The van der Waals surface area contributed by atoms with Gasteiger partial charge in [0.05, 0.1) is 28.0 Å². The summed E-state index contributed by atoms with van der Waals surface area (Å²) in [7, 11) is 0. The molecule has 0 aliphatic carbocycles. The third kappa shape index (κ3) is 4.37. The van der Waals surface area contributed by atoms with Gasteiger partial charge in [0.1, 0.15) is 6.67 Å². The highest BCUT2D eigenvalue weighted by Gasteiger charge is 2.14. The molecule has 1 atom stereocenters. The molecule has 0 aliphatic rings. The maximum Gasteiger partial charge on any atom is 0.251 e. The summed E-state index contributed by atoms with van der Waals surface area (Å²) in [6.45, 7) is 2.13. The molecule has 1 amide bonds. The Bertz CT molecular complexity index is 1140. The minimum atomic E-state index is -0.437. The van der Waals surface area contributed by atoms with Crippen LogP contribution in [0.25, 0.3) is 27.5 Å². The second-order valence-electron chi connectivity index (χ2n) is 6.80. The van der Waals surface area contributed by atoms with E-state index in [9.17, 15) is 9.18 Å². The summed E-state index contributed by atoms with van der Waals surface area (Å²) < 4.78 is 13.9. The molecule has 0 aliphatic heterocycles. The lowest BCUT2D eigenvalue weighted by molar-refractivity contribution is 0.0950. The Morgan fingerprint density at radius 3 is 3.00 bits per heavy atom. The molecule has 0 aromatic carbocycles. The number of halogens is 1. The number of fused-ring (bicyclic) bond motifs is 1. The van der Waals surface area contributed by atoms with Gasteiger partial charge in [0.2, 0.25) is 0 Å². The molecule has 0 spiro atoms. The number of alkyl halides is 1. The number of thiophene rings is 1. The summed E-state index contributed by atoms with van der Waals surface area (Å²) in [6.07, 6.45) is 5.17. The van der Waals surface area contributed by atoms with E-state index in [-0.39, 0.29) is 18.5 Å². The highest BCUT2D eigenvalue weighted by molar-refractivity contribution is 7.13. The third-order valence-corrected chi connectivity index (χ3v) is 5.49. The average Bonchev–Trinajstić information content (AvgIpc) is 3.45. The maximum atomic E-state index is 12.5. The molecule has 30 heavy (non-hydrogen) atoms. The van der Waals surface area contributed by atoms with Crippen molar-refractivity contribution >= 4 is 22.9 Å². The molecule has 0 saturated heterocycles. The zero-order valence-corrected chi connectivity index (χ0v) is 17.2. The van der Waals surface area contributed by atoms with Crippen LogP contribution in [0.4, 0.5) is 4.39 Å². The molecular formula is C21H21FN6OS. The third-order valence-electron chi connectivity index (χ3n) is 4.60. The predicted octanol–water partition coefficient (Wildman–Crippen LogP) is 3.20. The highest BCUT2D eigenvalue weighted by atomic mass is 32.1. The van der Waals surface area contributed by atoms with Crippen LogP contribution in [0.15, 0.2) is 54.3 Å². The number of nitrogens with one attached hydrogen (secondary N) is 2. The predicted molar refractivity (Wildman–Crippen MR) is 115 cm³/mol. The van der Waals surface area contributed by atoms with Crippen LogP contribution in [0.2, 0.25) is 0 Å². The van der Waals surface area contributed by atoms with Crippen LogP contribution in [-0.2, 0) is 0 Å². The molecule has 4 heterocycles. The van der Waals surface area contributed by atoms with Gasteiger partial charge >= 0.3 is 0 Å². The number of carbonyl (C=O) groups is 1. The van der Waals surface area contributed by atoms with Gasteiger partial charge in [0.15, 0.2) is 5.65 Å². The maximum absolute atomic E-state index is 12.5. The van der Waals surface area contributed by atoms with Gasteiger partial charge in [-0.15, -0.1) is 11.3 Å². The first kappa shape index (κ1) is 20.1. The van der Waals surface area contributed by atoms with Crippen LogP contribution in [0.5, 0.6) is 0 Å². The smallest absolute Gasteiger partial charge is 0.251 e. The van der Waals surface area contributed by atoms with Crippen molar-refractivity contribution in [3.05, 3.63) is 59.9 Å².